The molecule has 0 bridgehead atoms. The van der Waals surface area contributed by atoms with Crippen LogP contribution in [0.25, 0.3) is 16.7 Å². The molecule has 84 valence electrons. The zero-order valence-electron chi connectivity index (χ0n) is 8.97. The van der Waals surface area contributed by atoms with Crippen LogP contribution in [-0.2, 0) is 0 Å². The van der Waals surface area contributed by atoms with Gasteiger partial charge in [-0.2, -0.15) is 0 Å². The van der Waals surface area contributed by atoms with Crippen LogP contribution in [0.15, 0.2) is 48.8 Å². The average molecular weight is 244 g/mol. The number of aromatic nitrogens is 2. The molecule has 0 aliphatic carbocycles. The number of nitrogens with two attached hydrogens (primary N) is 1. The smallest absolute Gasteiger partial charge is 0.100 e. The van der Waals surface area contributed by atoms with Gasteiger partial charge in [-0.25, -0.2) is 4.98 Å². The molecule has 0 saturated heterocycles. The van der Waals surface area contributed by atoms with E-state index in [2.05, 4.69) is 4.98 Å². The Morgan fingerprint density at radius 1 is 1.12 bits per heavy atom. The third-order valence-corrected chi connectivity index (χ3v) is 2.94. The van der Waals surface area contributed by atoms with Crippen molar-refractivity contribution in [3.05, 3.63) is 53.8 Å². The first kappa shape index (κ1) is 10.2. The van der Waals surface area contributed by atoms with Gasteiger partial charge in [0.25, 0.3) is 0 Å². The van der Waals surface area contributed by atoms with Crippen LogP contribution in [0.5, 0.6) is 0 Å². The summed E-state index contributed by atoms with van der Waals surface area (Å²) in [5.74, 6) is 0. The highest BCUT2D eigenvalue weighted by Crippen LogP contribution is 2.25. The van der Waals surface area contributed by atoms with E-state index in [1.165, 1.54) is 0 Å². The first-order chi connectivity index (χ1) is 8.25. The summed E-state index contributed by atoms with van der Waals surface area (Å²) >= 11 is 6.00. The zero-order valence-corrected chi connectivity index (χ0v) is 9.72. The van der Waals surface area contributed by atoms with Crippen molar-refractivity contribution in [2.45, 2.75) is 0 Å². The second kappa shape index (κ2) is 3.79. The van der Waals surface area contributed by atoms with Crippen molar-refractivity contribution in [2.75, 3.05) is 5.73 Å². The Kier molecular flexibility index (Phi) is 2.27. The number of imidazole rings is 1. The molecular formula is C13H10ClN3. The van der Waals surface area contributed by atoms with Crippen LogP contribution in [0.2, 0.25) is 5.02 Å². The van der Waals surface area contributed by atoms with E-state index in [0.717, 1.165) is 16.7 Å². The molecule has 2 aromatic carbocycles. The summed E-state index contributed by atoms with van der Waals surface area (Å²) in [6, 6.07) is 13.3. The van der Waals surface area contributed by atoms with Crippen molar-refractivity contribution in [1.29, 1.82) is 0 Å². The van der Waals surface area contributed by atoms with Crippen LogP contribution < -0.4 is 5.73 Å². The highest BCUT2D eigenvalue weighted by Gasteiger charge is 2.07. The number of nitrogen functional groups attached to an aromatic ring is 1. The van der Waals surface area contributed by atoms with Crippen LogP contribution in [0.4, 0.5) is 5.69 Å². The maximum atomic E-state index is 6.00. The van der Waals surface area contributed by atoms with Gasteiger partial charge in [0.1, 0.15) is 6.33 Å². The van der Waals surface area contributed by atoms with Crippen molar-refractivity contribution >= 4 is 28.3 Å². The summed E-state index contributed by atoms with van der Waals surface area (Å²) in [5, 5.41) is 0.659. The monoisotopic (exact) mass is 243 g/mol. The number of halogens is 1. The van der Waals surface area contributed by atoms with Crippen LogP contribution in [0.3, 0.4) is 0 Å². The van der Waals surface area contributed by atoms with Crippen molar-refractivity contribution < 1.29 is 0 Å². The van der Waals surface area contributed by atoms with Gasteiger partial charge in [0, 0.05) is 5.02 Å². The highest BCUT2D eigenvalue weighted by molar-refractivity contribution is 6.30. The van der Waals surface area contributed by atoms with E-state index < -0.39 is 0 Å². The fourth-order valence-electron chi connectivity index (χ4n) is 1.88. The number of hydrogen-bond acceptors (Lipinski definition) is 2. The summed E-state index contributed by atoms with van der Waals surface area (Å²) in [6.07, 6.45) is 1.76. The normalized spacial score (nSPS) is 10.9. The van der Waals surface area contributed by atoms with Crippen LogP contribution in [0, 0.1) is 0 Å². The minimum Gasteiger partial charge on any atom is -0.397 e. The largest absolute Gasteiger partial charge is 0.397 e. The Balaban J connectivity index is 2.31. The summed E-state index contributed by atoms with van der Waals surface area (Å²) in [7, 11) is 0. The van der Waals surface area contributed by atoms with Crippen LogP contribution >= 0.6 is 11.6 Å². The molecule has 0 aliphatic rings. The molecule has 3 aromatic rings. The highest BCUT2D eigenvalue weighted by atomic mass is 35.5. The Hall–Kier alpha value is -2.00. The molecule has 4 heteroatoms. The zero-order chi connectivity index (χ0) is 11.8. The fraction of sp³-hybridized carbons (Fsp3) is 0. The SMILES string of the molecule is Nc1ccc(Cl)cc1-n1cnc2ccccc21. The molecule has 0 atom stereocenters. The van der Waals surface area contributed by atoms with E-state index in [1.807, 2.05) is 34.9 Å². The number of rotatable bonds is 1. The second-order valence-corrected chi connectivity index (χ2v) is 4.24. The lowest BCUT2D eigenvalue weighted by molar-refractivity contribution is 1.10. The molecule has 0 aliphatic heterocycles. The van der Waals surface area contributed by atoms with Crippen molar-refractivity contribution in [2.24, 2.45) is 0 Å². The number of benzene rings is 2. The maximum Gasteiger partial charge on any atom is 0.100 e. The van der Waals surface area contributed by atoms with E-state index in [0.29, 0.717) is 10.7 Å². The van der Waals surface area contributed by atoms with E-state index in [1.54, 1.807) is 18.5 Å². The topological polar surface area (TPSA) is 43.8 Å². The van der Waals surface area contributed by atoms with E-state index in [4.69, 9.17) is 17.3 Å². The Bertz CT molecular complexity index is 688. The van der Waals surface area contributed by atoms with Gasteiger partial charge in [0.2, 0.25) is 0 Å². The number of hydrogen-bond donors (Lipinski definition) is 1. The van der Waals surface area contributed by atoms with Gasteiger partial charge in [-0.15, -0.1) is 0 Å². The predicted molar refractivity (Wildman–Crippen MR) is 70.5 cm³/mol. The molecule has 1 aromatic heterocycles. The summed E-state index contributed by atoms with van der Waals surface area (Å²) in [4.78, 5) is 4.33. The van der Waals surface area contributed by atoms with E-state index >= 15 is 0 Å². The standard InChI is InChI=1S/C13H10ClN3/c14-9-5-6-10(15)13(7-9)17-8-16-11-3-1-2-4-12(11)17/h1-8H,15H2. The summed E-state index contributed by atoms with van der Waals surface area (Å²) in [6.45, 7) is 0. The van der Waals surface area contributed by atoms with Crippen LogP contribution in [0.1, 0.15) is 0 Å². The second-order valence-electron chi connectivity index (χ2n) is 3.81. The summed E-state index contributed by atoms with van der Waals surface area (Å²) < 4.78 is 1.94. The van der Waals surface area contributed by atoms with Gasteiger partial charge in [-0.3, -0.25) is 4.57 Å². The van der Waals surface area contributed by atoms with Crippen molar-refractivity contribution in [3.8, 4) is 5.69 Å². The molecule has 17 heavy (non-hydrogen) atoms. The molecular weight excluding hydrogens is 234 g/mol. The lowest BCUT2D eigenvalue weighted by atomic mass is 10.2. The minimum absolute atomic E-state index is 0.659. The molecule has 0 radical (unpaired) electrons. The Morgan fingerprint density at radius 2 is 1.94 bits per heavy atom. The maximum absolute atomic E-state index is 6.00. The number of para-hydroxylation sites is 2. The van der Waals surface area contributed by atoms with E-state index in [-0.39, 0.29) is 0 Å². The predicted octanol–water partition coefficient (Wildman–Crippen LogP) is 3.26. The third-order valence-electron chi connectivity index (χ3n) is 2.71. The number of anilines is 1. The first-order valence-electron chi connectivity index (χ1n) is 5.23. The molecule has 0 spiro atoms. The molecule has 2 N–H and O–H groups in total. The lowest BCUT2D eigenvalue weighted by Crippen LogP contribution is -1.98. The average Bonchev–Trinajstić information content (AvgIpc) is 2.76. The fourth-order valence-corrected chi connectivity index (χ4v) is 2.04. The molecule has 0 saturated carbocycles. The van der Waals surface area contributed by atoms with Gasteiger partial charge in [0.15, 0.2) is 0 Å². The molecule has 3 nitrogen and oxygen atoms in total. The van der Waals surface area contributed by atoms with Gasteiger partial charge in [0.05, 0.1) is 22.4 Å². The van der Waals surface area contributed by atoms with Gasteiger partial charge in [-0.1, -0.05) is 23.7 Å². The van der Waals surface area contributed by atoms with Gasteiger partial charge in [-0.05, 0) is 30.3 Å². The van der Waals surface area contributed by atoms with E-state index in [9.17, 15) is 0 Å². The van der Waals surface area contributed by atoms with Gasteiger partial charge < -0.3 is 5.73 Å². The van der Waals surface area contributed by atoms with Crippen molar-refractivity contribution in [3.63, 3.8) is 0 Å². The van der Waals surface area contributed by atoms with Crippen molar-refractivity contribution in [1.82, 2.24) is 9.55 Å². The first-order valence-corrected chi connectivity index (χ1v) is 5.61. The molecule has 0 amide bonds. The van der Waals surface area contributed by atoms with Gasteiger partial charge >= 0.3 is 0 Å². The number of nitrogens with zero attached hydrogens (tertiary/aromatic N) is 2. The Morgan fingerprint density at radius 3 is 2.82 bits per heavy atom. The quantitative estimate of drug-likeness (QED) is 0.667. The minimum atomic E-state index is 0.659. The van der Waals surface area contributed by atoms with Crippen LogP contribution in [-0.4, -0.2) is 9.55 Å². The third kappa shape index (κ3) is 1.65. The molecule has 0 unspecified atom stereocenters. The number of fused-ring (bicyclic) bond motifs is 1. The molecule has 1 heterocycles. The Labute approximate surface area is 103 Å². The lowest BCUT2D eigenvalue weighted by Gasteiger charge is -2.08. The summed E-state index contributed by atoms with van der Waals surface area (Å²) in [5.41, 5.74) is 9.45. The molecule has 0 fully saturated rings. The molecule has 3 rings (SSSR count).